The van der Waals surface area contributed by atoms with Crippen LogP contribution in [0.15, 0.2) is 114 Å². The standard InChI is InChI=1S/C31H33FN4S.C2H2/c1-6-21(16-24(7-2)35-20(5)22-9-10-22)19(4)15-23(27(33)8-3)17-25-18-26-28(36-25)13-14-34-31(26)29-11-12-30(32)37-29;1-2/h6-8,11-16,18,22,35-36H,2,4-5,9-10,17,33H2,1,3H3;1-2H/b21-6+,23-15-,24-16+,27-8+;. The summed E-state index contributed by atoms with van der Waals surface area (Å²) < 4.78 is 13.7. The minimum absolute atomic E-state index is 0.227. The molecule has 4 N–H and O–H groups in total. The molecule has 0 amide bonds. The molecule has 3 aromatic rings. The van der Waals surface area contributed by atoms with Gasteiger partial charge in [0.15, 0.2) is 5.13 Å². The highest BCUT2D eigenvalue weighted by Crippen LogP contribution is 2.35. The number of nitrogens with zero attached hydrogens (tertiary/aromatic N) is 1. The van der Waals surface area contributed by atoms with E-state index in [1.807, 2.05) is 44.2 Å². The van der Waals surface area contributed by atoms with Crippen LogP contribution < -0.4 is 11.1 Å². The van der Waals surface area contributed by atoms with Crippen LogP contribution >= 0.6 is 11.3 Å². The number of rotatable bonds is 11. The molecule has 0 bridgehead atoms. The summed E-state index contributed by atoms with van der Waals surface area (Å²) in [4.78, 5) is 8.79. The number of aromatic nitrogens is 2. The van der Waals surface area contributed by atoms with Gasteiger partial charge in [0.1, 0.15) is 0 Å². The summed E-state index contributed by atoms with van der Waals surface area (Å²) in [7, 11) is 0. The maximum Gasteiger partial charge on any atom is 0.177 e. The number of aromatic amines is 1. The lowest BCUT2D eigenvalue weighted by atomic mass is 9.98. The van der Waals surface area contributed by atoms with E-state index in [1.165, 1.54) is 18.9 Å². The molecule has 6 heteroatoms. The summed E-state index contributed by atoms with van der Waals surface area (Å²) in [5.41, 5.74) is 14.5. The number of terminal acetylenes is 1. The number of hydrogen-bond acceptors (Lipinski definition) is 4. The molecule has 0 saturated heterocycles. The third-order valence-electron chi connectivity index (χ3n) is 6.41. The minimum atomic E-state index is -0.227. The topological polar surface area (TPSA) is 66.7 Å². The van der Waals surface area contributed by atoms with Gasteiger partial charge in [0, 0.05) is 46.3 Å². The second-order valence-electron chi connectivity index (χ2n) is 9.11. The van der Waals surface area contributed by atoms with Crippen LogP contribution in [0.1, 0.15) is 32.4 Å². The van der Waals surface area contributed by atoms with Gasteiger partial charge in [0.25, 0.3) is 0 Å². The van der Waals surface area contributed by atoms with Gasteiger partial charge in [-0.15, -0.1) is 24.2 Å². The normalized spacial score (nSPS) is 14.5. The monoisotopic (exact) mass is 538 g/mol. The van der Waals surface area contributed by atoms with E-state index in [1.54, 1.807) is 18.3 Å². The Morgan fingerprint density at radius 3 is 2.54 bits per heavy atom. The SMILES string of the molecule is C#C.C=C/C(=C\C(=C/C)C(=C)/C=C(Cc1cc2c(-c3ccc(F)s3)nccc2[nH]1)\C(N)=C/C)NC(=C)C1CC1. The molecular formula is C33H35FN4S. The maximum atomic E-state index is 13.7. The van der Waals surface area contributed by atoms with Crippen LogP contribution in [0.2, 0.25) is 0 Å². The van der Waals surface area contributed by atoms with Gasteiger partial charge in [0.2, 0.25) is 0 Å². The van der Waals surface area contributed by atoms with Crippen molar-refractivity contribution >= 4 is 22.2 Å². The summed E-state index contributed by atoms with van der Waals surface area (Å²) in [6, 6.07) is 7.22. The number of halogens is 1. The fourth-order valence-corrected chi connectivity index (χ4v) is 4.90. The molecule has 3 aromatic heterocycles. The Morgan fingerprint density at radius 2 is 1.95 bits per heavy atom. The molecule has 0 unspecified atom stereocenters. The number of fused-ring (bicyclic) bond motifs is 1. The Balaban J connectivity index is 0.00000205. The van der Waals surface area contributed by atoms with Crippen LogP contribution in [0, 0.1) is 23.9 Å². The molecule has 4 rings (SSSR count). The van der Waals surface area contributed by atoms with Crippen molar-refractivity contribution in [1.82, 2.24) is 15.3 Å². The van der Waals surface area contributed by atoms with E-state index in [4.69, 9.17) is 5.73 Å². The van der Waals surface area contributed by atoms with Crippen LogP contribution in [0.25, 0.3) is 21.5 Å². The molecule has 4 nitrogen and oxygen atoms in total. The van der Waals surface area contributed by atoms with E-state index in [-0.39, 0.29) is 5.13 Å². The van der Waals surface area contributed by atoms with Crippen molar-refractivity contribution in [1.29, 1.82) is 0 Å². The number of H-pyrrole nitrogens is 1. The quantitative estimate of drug-likeness (QED) is 0.171. The third-order valence-corrected chi connectivity index (χ3v) is 7.29. The lowest BCUT2D eigenvalue weighted by Gasteiger charge is -2.12. The number of hydrogen-bond donors (Lipinski definition) is 3. The summed E-state index contributed by atoms with van der Waals surface area (Å²) in [5.74, 6) is 0.549. The largest absolute Gasteiger partial charge is 0.399 e. The summed E-state index contributed by atoms with van der Waals surface area (Å²) in [5, 5.41) is 4.11. The van der Waals surface area contributed by atoms with Gasteiger partial charge in [0.05, 0.1) is 10.6 Å². The van der Waals surface area contributed by atoms with E-state index in [9.17, 15) is 4.39 Å². The highest BCUT2D eigenvalue weighted by molar-refractivity contribution is 7.13. The van der Waals surface area contributed by atoms with Crippen LogP contribution in [-0.2, 0) is 6.42 Å². The predicted octanol–water partition coefficient (Wildman–Crippen LogP) is 8.10. The van der Waals surface area contributed by atoms with Gasteiger partial charge < -0.3 is 16.0 Å². The van der Waals surface area contributed by atoms with Crippen molar-refractivity contribution in [3.8, 4) is 23.4 Å². The van der Waals surface area contributed by atoms with Crippen molar-refractivity contribution in [3.63, 3.8) is 0 Å². The molecule has 1 saturated carbocycles. The Hall–Kier alpha value is -4.34. The van der Waals surface area contributed by atoms with Gasteiger partial charge in [-0.25, -0.2) is 0 Å². The fraction of sp³-hybridized carbons (Fsp3) is 0.182. The Bertz CT molecular complexity index is 1520. The van der Waals surface area contributed by atoms with Crippen LogP contribution in [0.3, 0.4) is 0 Å². The fourth-order valence-electron chi connectivity index (χ4n) is 4.16. The molecule has 200 valence electrons. The lowest BCUT2D eigenvalue weighted by molar-refractivity contribution is 0.657. The van der Waals surface area contributed by atoms with E-state index in [0.29, 0.717) is 18.0 Å². The highest BCUT2D eigenvalue weighted by Gasteiger charge is 2.24. The van der Waals surface area contributed by atoms with E-state index in [2.05, 4.69) is 53.9 Å². The number of nitrogens with two attached hydrogens (primary N) is 1. The summed E-state index contributed by atoms with van der Waals surface area (Å²) >= 11 is 1.09. The summed E-state index contributed by atoms with van der Waals surface area (Å²) in [6.45, 7) is 16.3. The molecule has 1 fully saturated rings. The first-order chi connectivity index (χ1) is 18.8. The zero-order valence-electron chi connectivity index (χ0n) is 22.6. The van der Waals surface area contributed by atoms with Gasteiger partial charge in [-0.3, -0.25) is 4.98 Å². The molecule has 0 atom stereocenters. The Morgan fingerprint density at radius 1 is 1.21 bits per heavy atom. The number of nitrogens with one attached hydrogen (secondary N) is 2. The third kappa shape index (κ3) is 7.37. The molecule has 1 aliphatic carbocycles. The lowest BCUT2D eigenvalue weighted by Crippen LogP contribution is -2.12. The second kappa shape index (κ2) is 13.5. The number of allylic oxidation sites excluding steroid dienone is 9. The molecule has 1 aliphatic rings. The average Bonchev–Trinajstić information content (AvgIpc) is 3.59. The maximum absolute atomic E-state index is 13.7. The molecule has 39 heavy (non-hydrogen) atoms. The Labute approximate surface area is 234 Å². The highest BCUT2D eigenvalue weighted by atomic mass is 32.1. The van der Waals surface area contributed by atoms with Crippen LogP contribution in [0.5, 0.6) is 0 Å². The van der Waals surface area contributed by atoms with Gasteiger partial charge in [-0.2, -0.15) is 4.39 Å². The number of thiophene rings is 1. The van der Waals surface area contributed by atoms with Crippen molar-refractivity contribution < 1.29 is 4.39 Å². The first-order valence-corrected chi connectivity index (χ1v) is 13.5. The van der Waals surface area contributed by atoms with Gasteiger partial charge in [-0.1, -0.05) is 31.9 Å². The molecule has 0 aliphatic heterocycles. The molecular weight excluding hydrogens is 503 g/mol. The average molecular weight is 539 g/mol. The molecule has 0 spiro atoms. The smallest absolute Gasteiger partial charge is 0.177 e. The predicted molar refractivity (Wildman–Crippen MR) is 165 cm³/mol. The van der Waals surface area contributed by atoms with Crippen molar-refractivity contribution in [2.75, 3.05) is 0 Å². The first kappa shape index (κ1) is 29.2. The summed E-state index contributed by atoms with van der Waals surface area (Å²) in [6.07, 6.45) is 22.5. The van der Waals surface area contributed by atoms with Gasteiger partial charge >= 0.3 is 0 Å². The Kier molecular flexibility index (Phi) is 10.1. The van der Waals surface area contributed by atoms with Crippen molar-refractivity contribution in [2.45, 2.75) is 33.1 Å². The first-order valence-electron chi connectivity index (χ1n) is 12.7. The van der Waals surface area contributed by atoms with Gasteiger partial charge in [-0.05, 0) is 91.8 Å². The minimum Gasteiger partial charge on any atom is -0.399 e. The molecule has 3 heterocycles. The van der Waals surface area contributed by atoms with E-state index >= 15 is 0 Å². The van der Waals surface area contributed by atoms with Crippen LogP contribution in [-0.4, -0.2) is 9.97 Å². The van der Waals surface area contributed by atoms with E-state index < -0.39 is 0 Å². The molecule has 0 aromatic carbocycles. The van der Waals surface area contributed by atoms with Crippen molar-refractivity contribution in [3.05, 3.63) is 125 Å². The molecule has 0 radical (unpaired) electrons. The van der Waals surface area contributed by atoms with Crippen molar-refractivity contribution in [2.24, 2.45) is 11.7 Å². The van der Waals surface area contributed by atoms with Crippen LogP contribution in [0.4, 0.5) is 4.39 Å². The number of pyridine rings is 1. The second-order valence-corrected chi connectivity index (χ2v) is 10.1. The van der Waals surface area contributed by atoms with E-state index in [0.717, 1.165) is 66.6 Å². The zero-order valence-corrected chi connectivity index (χ0v) is 23.4. The zero-order chi connectivity index (χ0) is 28.5.